The van der Waals surface area contributed by atoms with Gasteiger partial charge in [0, 0.05) is 18.5 Å². The van der Waals surface area contributed by atoms with Crippen LogP contribution in [0.2, 0.25) is 0 Å². The zero-order valence-corrected chi connectivity index (χ0v) is 13.3. The van der Waals surface area contributed by atoms with E-state index in [1.54, 1.807) is 19.1 Å². The minimum Gasteiger partial charge on any atom is -0.448 e. The predicted molar refractivity (Wildman–Crippen MR) is 86.7 cm³/mol. The van der Waals surface area contributed by atoms with E-state index < -0.39 is 0 Å². The summed E-state index contributed by atoms with van der Waals surface area (Å²) in [6.07, 6.45) is -0.368. The number of rotatable bonds is 5. The molecule has 8 nitrogen and oxygen atoms in total. The summed E-state index contributed by atoms with van der Waals surface area (Å²) in [4.78, 5) is 37.2. The van der Waals surface area contributed by atoms with Gasteiger partial charge in [-0.2, -0.15) is 5.10 Å². The second-order valence-electron chi connectivity index (χ2n) is 5.55. The van der Waals surface area contributed by atoms with E-state index in [-0.39, 0.29) is 24.1 Å². The Morgan fingerprint density at radius 2 is 2.04 bits per heavy atom. The lowest BCUT2D eigenvalue weighted by molar-refractivity contribution is -0.121. The monoisotopic (exact) mass is 330 g/mol. The van der Waals surface area contributed by atoms with Crippen LogP contribution in [-0.4, -0.2) is 52.9 Å². The number of carbonyl (C=O) groups is 2. The van der Waals surface area contributed by atoms with Crippen molar-refractivity contribution in [1.82, 2.24) is 20.0 Å². The second kappa shape index (κ2) is 6.69. The molecule has 1 aliphatic heterocycles. The van der Waals surface area contributed by atoms with E-state index in [4.69, 9.17) is 4.74 Å². The quantitative estimate of drug-likeness (QED) is 0.849. The summed E-state index contributed by atoms with van der Waals surface area (Å²) in [6.45, 7) is 3.23. The van der Waals surface area contributed by atoms with Crippen LogP contribution in [0, 0.1) is 6.92 Å². The first-order valence-corrected chi connectivity index (χ1v) is 7.71. The zero-order chi connectivity index (χ0) is 17.1. The van der Waals surface area contributed by atoms with Crippen molar-refractivity contribution in [3.63, 3.8) is 0 Å². The van der Waals surface area contributed by atoms with Crippen molar-refractivity contribution in [2.75, 3.05) is 26.2 Å². The number of aryl methyl sites for hydroxylation is 1. The first kappa shape index (κ1) is 16.0. The van der Waals surface area contributed by atoms with E-state index in [0.717, 1.165) is 10.1 Å². The van der Waals surface area contributed by atoms with Gasteiger partial charge in [0.25, 0.3) is 5.56 Å². The minimum atomic E-state index is -0.368. The number of carbonyl (C=O) groups excluding carboxylic acids is 2. The number of fused-ring (bicyclic) bond motifs is 1. The average Bonchev–Trinajstić information content (AvgIpc) is 2.98. The summed E-state index contributed by atoms with van der Waals surface area (Å²) in [5.41, 5.74) is 0.396. The topological polar surface area (TPSA) is 93.5 Å². The Hall–Kier alpha value is -2.90. The highest BCUT2D eigenvalue weighted by Crippen LogP contribution is 2.11. The van der Waals surface area contributed by atoms with E-state index in [1.807, 2.05) is 12.1 Å². The predicted octanol–water partition coefficient (Wildman–Crippen LogP) is 0.273. The molecule has 0 radical (unpaired) electrons. The lowest BCUT2D eigenvalue weighted by Gasteiger charge is -2.13. The Labute approximate surface area is 138 Å². The highest BCUT2D eigenvalue weighted by atomic mass is 16.6. The lowest BCUT2D eigenvalue weighted by atomic mass is 10.1. The zero-order valence-electron chi connectivity index (χ0n) is 13.3. The molecule has 1 aromatic heterocycles. The molecule has 2 heterocycles. The van der Waals surface area contributed by atoms with Crippen LogP contribution in [0.1, 0.15) is 5.69 Å². The van der Waals surface area contributed by atoms with Crippen LogP contribution in [0.25, 0.3) is 10.8 Å². The average molecular weight is 330 g/mol. The third kappa shape index (κ3) is 3.22. The minimum absolute atomic E-state index is 0.158. The molecule has 0 atom stereocenters. The molecule has 2 amide bonds. The Kier molecular flexibility index (Phi) is 4.45. The van der Waals surface area contributed by atoms with Gasteiger partial charge >= 0.3 is 6.09 Å². The summed E-state index contributed by atoms with van der Waals surface area (Å²) in [5.74, 6) is -0.327. The van der Waals surface area contributed by atoms with Crippen LogP contribution >= 0.6 is 0 Å². The number of nitrogens with one attached hydrogen (secondary N) is 1. The maximum absolute atomic E-state index is 12.4. The van der Waals surface area contributed by atoms with Gasteiger partial charge in [0.1, 0.15) is 13.2 Å². The lowest BCUT2D eigenvalue weighted by Crippen LogP contribution is -2.38. The van der Waals surface area contributed by atoms with E-state index in [2.05, 4.69) is 10.4 Å². The van der Waals surface area contributed by atoms with Crippen LogP contribution in [0.15, 0.2) is 29.1 Å². The van der Waals surface area contributed by atoms with Crippen molar-refractivity contribution >= 4 is 22.8 Å². The van der Waals surface area contributed by atoms with Crippen molar-refractivity contribution in [2.24, 2.45) is 0 Å². The number of aromatic nitrogens is 2. The Bertz CT molecular complexity index is 846. The molecule has 0 spiro atoms. The van der Waals surface area contributed by atoms with E-state index in [9.17, 15) is 14.4 Å². The normalized spacial score (nSPS) is 14.0. The van der Waals surface area contributed by atoms with Crippen LogP contribution in [-0.2, 0) is 16.1 Å². The number of hydrogen-bond acceptors (Lipinski definition) is 5. The largest absolute Gasteiger partial charge is 0.448 e. The van der Waals surface area contributed by atoms with Gasteiger partial charge in [-0.05, 0) is 13.0 Å². The molecule has 1 aliphatic rings. The number of hydrogen-bond donors (Lipinski definition) is 1. The van der Waals surface area contributed by atoms with E-state index in [1.165, 1.54) is 4.90 Å². The molecule has 126 valence electrons. The number of ether oxygens (including phenoxy) is 1. The van der Waals surface area contributed by atoms with Gasteiger partial charge in [-0.15, -0.1) is 0 Å². The van der Waals surface area contributed by atoms with Gasteiger partial charge in [0.2, 0.25) is 5.91 Å². The van der Waals surface area contributed by atoms with E-state index >= 15 is 0 Å². The number of cyclic esters (lactones) is 1. The summed E-state index contributed by atoms with van der Waals surface area (Å²) >= 11 is 0. The second-order valence-corrected chi connectivity index (χ2v) is 5.55. The van der Waals surface area contributed by atoms with Gasteiger partial charge in [-0.25, -0.2) is 9.48 Å². The first-order chi connectivity index (χ1) is 11.6. The molecule has 1 fully saturated rings. The molecule has 1 N–H and O–H groups in total. The molecular weight excluding hydrogens is 312 g/mol. The number of nitrogens with zero attached hydrogens (tertiary/aromatic N) is 3. The fraction of sp³-hybridized carbons (Fsp3) is 0.375. The molecule has 1 aromatic carbocycles. The molecule has 0 unspecified atom stereocenters. The van der Waals surface area contributed by atoms with Crippen LogP contribution in [0.4, 0.5) is 4.79 Å². The highest BCUT2D eigenvalue weighted by Gasteiger charge is 2.21. The third-order valence-electron chi connectivity index (χ3n) is 3.89. The smallest absolute Gasteiger partial charge is 0.409 e. The molecular formula is C16H18N4O4. The summed E-state index contributed by atoms with van der Waals surface area (Å²) in [5, 5.41) is 8.21. The molecule has 2 aromatic rings. The fourth-order valence-electron chi connectivity index (χ4n) is 2.66. The molecule has 1 saturated heterocycles. The van der Waals surface area contributed by atoms with Gasteiger partial charge in [-0.1, -0.05) is 18.2 Å². The fourth-order valence-corrected chi connectivity index (χ4v) is 2.66. The van der Waals surface area contributed by atoms with Gasteiger partial charge in [0.15, 0.2) is 0 Å². The van der Waals surface area contributed by atoms with E-state index in [0.29, 0.717) is 37.3 Å². The molecule has 0 saturated carbocycles. The van der Waals surface area contributed by atoms with Crippen LogP contribution in [0.3, 0.4) is 0 Å². The van der Waals surface area contributed by atoms with Crippen molar-refractivity contribution in [1.29, 1.82) is 0 Å². The summed E-state index contributed by atoms with van der Waals surface area (Å²) < 4.78 is 5.97. The Balaban J connectivity index is 1.64. The number of amides is 2. The van der Waals surface area contributed by atoms with Gasteiger partial charge in [-0.3, -0.25) is 9.59 Å². The third-order valence-corrected chi connectivity index (χ3v) is 3.89. The molecule has 24 heavy (non-hydrogen) atoms. The van der Waals surface area contributed by atoms with Crippen molar-refractivity contribution in [2.45, 2.75) is 13.5 Å². The summed E-state index contributed by atoms with van der Waals surface area (Å²) in [6, 6.07) is 7.18. The number of benzene rings is 1. The maximum atomic E-state index is 12.4. The molecule has 8 heteroatoms. The van der Waals surface area contributed by atoms with Gasteiger partial charge in [0.05, 0.1) is 17.6 Å². The molecule has 0 bridgehead atoms. The summed E-state index contributed by atoms with van der Waals surface area (Å²) in [7, 11) is 0. The maximum Gasteiger partial charge on any atom is 0.409 e. The highest BCUT2D eigenvalue weighted by molar-refractivity contribution is 5.83. The SMILES string of the molecule is Cc1nn(CC(=O)NCCN2CCOC2=O)c(=O)c2ccccc12. The molecule has 0 aliphatic carbocycles. The Morgan fingerprint density at radius 1 is 1.29 bits per heavy atom. The van der Waals surface area contributed by atoms with Crippen molar-refractivity contribution in [3.05, 3.63) is 40.3 Å². The first-order valence-electron chi connectivity index (χ1n) is 7.71. The molecule has 3 rings (SSSR count). The Morgan fingerprint density at radius 3 is 2.75 bits per heavy atom. The van der Waals surface area contributed by atoms with Crippen molar-refractivity contribution in [3.8, 4) is 0 Å². The van der Waals surface area contributed by atoms with Crippen molar-refractivity contribution < 1.29 is 14.3 Å². The van der Waals surface area contributed by atoms with Gasteiger partial charge < -0.3 is 15.0 Å². The standard InChI is InChI=1S/C16H18N4O4/c1-11-12-4-2-3-5-13(12)15(22)20(18-11)10-14(21)17-6-7-19-8-9-24-16(19)23/h2-5H,6-10H2,1H3,(H,17,21). The van der Waals surface area contributed by atoms with Crippen LogP contribution in [0.5, 0.6) is 0 Å². The van der Waals surface area contributed by atoms with Crippen LogP contribution < -0.4 is 10.9 Å².